The highest BCUT2D eigenvalue weighted by molar-refractivity contribution is 9.10. The second-order valence-electron chi connectivity index (χ2n) is 3.26. The molecular formula is C11H14BrCl. The first kappa shape index (κ1) is 11.1. The molecule has 0 saturated carbocycles. The number of halogens is 2. The Balaban J connectivity index is 2.62. The fourth-order valence-electron chi connectivity index (χ4n) is 1.31. The van der Waals surface area contributed by atoms with Gasteiger partial charge in [-0.2, -0.15) is 0 Å². The highest BCUT2D eigenvalue weighted by atomic mass is 79.9. The van der Waals surface area contributed by atoms with E-state index in [1.165, 1.54) is 5.56 Å². The zero-order valence-electron chi connectivity index (χ0n) is 7.76. The van der Waals surface area contributed by atoms with Gasteiger partial charge in [-0.1, -0.05) is 41.4 Å². The number of hydrogen-bond acceptors (Lipinski definition) is 0. The summed E-state index contributed by atoms with van der Waals surface area (Å²) in [5, 5.41) is 0. The lowest BCUT2D eigenvalue weighted by molar-refractivity contribution is 0.566. The minimum Gasteiger partial charge on any atom is -0.126 e. The molecule has 0 aliphatic heterocycles. The molecule has 0 amide bonds. The van der Waals surface area contributed by atoms with Gasteiger partial charge in [0.05, 0.1) is 0 Å². The Morgan fingerprint density at radius 3 is 2.77 bits per heavy atom. The standard InChI is InChI=1S/C11H14BrCl/c1-2-9(8-13)6-10-4-3-5-11(12)7-10/h3-5,7,9H,2,6,8H2,1H3. The van der Waals surface area contributed by atoms with E-state index in [0.717, 1.165) is 23.2 Å². The molecule has 1 aromatic carbocycles. The van der Waals surface area contributed by atoms with Gasteiger partial charge in [0.1, 0.15) is 0 Å². The van der Waals surface area contributed by atoms with Crippen molar-refractivity contribution >= 4 is 27.5 Å². The molecule has 0 bridgehead atoms. The maximum absolute atomic E-state index is 5.85. The van der Waals surface area contributed by atoms with Crippen LogP contribution in [0.1, 0.15) is 18.9 Å². The molecule has 0 aliphatic carbocycles. The summed E-state index contributed by atoms with van der Waals surface area (Å²) in [6, 6.07) is 8.43. The smallest absolute Gasteiger partial charge is 0.0254 e. The number of hydrogen-bond donors (Lipinski definition) is 0. The first-order valence-electron chi connectivity index (χ1n) is 4.56. The van der Waals surface area contributed by atoms with E-state index in [1.807, 2.05) is 6.07 Å². The molecule has 0 spiro atoms. The van der Waals surface area contributed by atoms with Crippen molar-refractivity contribution in [3.63, 3.8) is 0 Å². The maximum atomic E-state index is 5.85. The number of alkyl halides is 1. The van der Waals surface area contributed by atoms with Crippen molar-refractivity contribution in [2.24, 2.45) is 5.92 Å². The third-order valence-corrected chi connectivity index (χ3v) is 3.14. The molecular weight excluding hydrogens is 247 g/mol. The molecule has 0 aliphatic rings. The van der Waals surface area contributed by atoms with Gasteiger partial charge in [-0.05, 0) is 30.0 Å². The summed E-state index contributed by atoms with van der Waals surface area (Å²) >= 11 is 9.31. The molecule has 0 nitrogen and oxygen atoms in total. The van der Waals surface area contributed by atoms with E-state index >= 15 is 0 Å². The third-order valence-electron chi connectivity index (χ3n) is 2.21. The van der Waals surface area contributed by atoms with Gasteiger partial charge >= 0.3 is 0 Å². The molecule has 1 atom stereocenters. The Hall–Kier alpha value is -0.0100. The molecule has 1 aromatic rings. The van der Waals surface area contributed by atoms with Crippen LogP contribution < -0.4 is 0 Å². The van der Waals surface area contributed by atoms with Crippen LogP contribution in [0.25, 0.3) is 0 Å². The van der Waals surface area contributed by atoms with Gasteiger partial charge in [-0.15, -0.1) is 11.6 Å². The molecule has 0 saturated heterocycles. The predicted octanol–water partition coefficient (Wildman–Crippen LogP) is 4.26. The van der Waals surface area contributed by atoms with Crippen LogP contribution >= 0.6 is 27.5 Å². The van der Waals surface area contributed by atoms with Gasteiger partial charge in [0.25, 0.3) is 0 Å². The predicted molar refractivity (Wildman–Crippen MR) is 62.3 cm³/mol. The summed E-state index contributed by atoms with van der Waals surface area (Å²) in [7, 11) is 0. The van der Waals surface area contributed by atoms with Crippen molar-refractivity contribution in [3.05, 3.63) is 34.3 Å². The Kier molecular flexibility index (Phi) is 4.82. The van der Waals surface area contributed by atoms with Crippen molar-refractivity contribution < 1.29 is 0 Å². The topological polar surface area (TPSA) is 0 Å². The summed E-state index contributed by atoms with van der Waals surface area (Å²) < 4.78 is 1.15. The summed E-state index contributed by atoms with van der Waals surface area (Å²) in [5.74, 6) is 1.36. The van der Waals surface area contributed by atoms with Crippen LogP contribution in [-0.4, -0.2) is 5.88 Å². The van der Waals surface area contributed by atoms with Crippen molar-refractivity contribution in [2.75, 3.05) is 5.88 Å². The molecule has 1 unspecified atom stereocenters. The average Bonchev–Trinajstić information content (AvgIpc) is 2.14. The number of rotatable bonds is 4. The largest absolute Gasteiger partial charge is 0.126 e. The maximum Gasteiger partial charge on any atom is 0.0254 e. The molecule has 1 rings (SSSR count). The highest BCUT2D eigenvalue weighted by Crippen LogP contribution is 2.17. The van der Waals surface area contributed by atoms with Gasteiger partial charge in [0, 0.05) is 10.4 Å². The van der Waals surface area contributed by atoms with Gasteiger partial charge in [0.2, 0.25) is 0 Å². The monoisotopic (exact) mass is 260 g/mol. The van der Waals surface area contributed by atoms with Crippen LogP contribution in [0.3, 0.4) is 0 Å². The van der Waals surface area contributed by atoms with Crippen LogP contribution in [0.15, 0.2) is 28.7 Å². The molecule has 2 heteroatoms. The van der Waals surface area contributed by atoms with Crippen molar-refractivity contribution in [2.45, 2.75) is 19.8 Å². The van der Waals surface area contributed by atoms with Gasteiger partial charge in [-0.3, -0.25) is 0 Å². The second-order valence-corrected chi connectivity index (χ2v) is 4.49. The molecule has 0 fully saturated rings. The van der Waals surface area contributed by atoms with E-state index in [0.29, 0.717) is 5.92 Å². The van der Waals surface area contributed by atoms with Crippen LogP contribution in [0, 0.1) is 5.92 Å². The zero-order valence-corrected chi connectivity index (χ0v) is 10.1. The molecule has 13 heavy (non-hydrogen) atoms. The summed E-state index contributed by atoms with van der Waals surface area (Å²) in [5.41, 5.74) is 1.36. The minimum atomic E-state index is 0.607. The van der Waals surface area contributed by atoms with Crippen LogP contribution in [0.5, 0.6) is 0 Å². The van der Waals surface area contributed by atoms with E-state index in [9.17, 15) is 0 Å². The first-order chi connectivity index (χ1) is 6.26. The van der Waals surface area contributed by atoms with Crippen molar-refractivity contribution in [1.29, 1.82) is 0 Å². The summed E-state index contributed by atoms with van der Waals surface area (Å²) in [6.07, 6.45) is 2.23. The quantitative estimate of drug-likeness (QED) is 0.711. The molecule has 0 aromatic heterocycles. The van der Waals surface area contributed by atoms with Crippen LogP contribution in [0.2, 0.25) is 0 Å². The lowest BCUT2D eigenvalue weighted by atomic mass is 9.99. The normalized spacial score (nSPS) is 12.8. The second kappa shape index (κ2) is 5.66. The molecule has 0 radical (unpaired) electrons. The summed E-state index contributed by atoms with van der Waals surface area (Å²) in [4.78, 5) is 0. The lowest BCUT2D eigenvalue weighted by Gasteiger charge is -2.10. The molecule has 0 N–H and O–H groups in total. The van der Waals surface area contributed by atoms with E-state index in [4.69, 9.17) is 11.6 Å². The van der Waals surface area contributed by atoms with E-state index in [-0.39, 0.29) is 0 Å². The van der Waals surface area contributed by atoms with Crippen molar-refractivity contribution in [1.82, 2.24) is 0 Å². The van der Waals surface area contributed by atoms with Gasteiger partial charge in [0.15, 0.2) is 0 Å². The fourth-order valence-corrected chi connectivity index (χ4v) is 2.08. The lowest BCUT2D eigenvalue weighted by Crippen LogP contribution is -2.04. The third kappa shape index (κ3) is 3.70. The van der Waals surface area contributed by atoms with Crippen LogP contribution in [0.4, 0.5) is 0 Å². The average molecular weight is 262 g/mol. The Labute approximate surface area is 93.4 Å². The number of benzene rings is 1. The zero-order chi connectivity index (χ0) is 9.68. The Morgan fingerprint density at radius 2 is 2.23 bits per heavy atom. The SMILES string of the molecule is CCC(CCl)Cc1cccc(Br)c1. The molecule has 72 valence electrons. The van der Waals surface area contributed by atoms with Crippen molar-refractivity contribution in [3.8, 4) is 0 Å². The van der Waals surface area contributed by atoms with Gasteiger partial charge < -0.3 is 0 Å². The molecule has 0 heterocycles. The Morgan fingerprint density at radius 1 is 1.46 bits per heavy atom. The highest BCUT2D eigenvalue weighted by Gasteiger charge is 2.05. The van der Waals surface area contributed by atoms with Crippen LogP contribution in [-0.2, 0) is 6.42 Å². The first-order valence-corrected chi connectivity index (χ1v) is 5.89. The minimum absolute atomic E-state index is 0.607. The summed E-state index contributed by atoms with van der Waals surface area (Å²) in [6.45, 7) is 2.19. The van der Waals surface area contributed by atoms with E-state index < -0.39 is 0 Å². The van der Waals surface area contributed by atoms with Gasteiger partial charge in [-0.25, -0.2) is 0 Å². The Bertz CT molecular complexity index is 256. The fraction of sp³-hybridized carbons (Fsp3) is 0.455. The van der Waals surface area contributed by atoms with E-state index in [2.05, 4.69) is 41.1 Å². The van der Waals surface area contributed by atoms with E-state index in [1.54, 1.807) is 0 Å².